The summed E-state index contributed by atoms with van der Waals surface area (Å²) in [6, 6.07) is 11.0. The quantitative estimate of drug-likeness (QED) is 0.788. The molecule has 1 N–H and O–H groups in total. The van der Waals surface area contributed by atoms with E-state index in [0.717, 1.165) is 19.4 Å². The fraction of sp³-hybridized carbons (Fsp3) is 0.500. The van der Waals surface area contributed by atoms with Crippen LogP contribution in [-0.4, -0.2) is 18.9 Å². The highest BCUT2D eigenvalue weighted by atomic mass is 16.5. The zero-order valence-corrected chi connectivity index (χ0v) is 8.57. The molecule has 2 atom stereocenters. The number of rotatable bonds is 3. The van der Waals surface area contributed by atoms with Crippen LogP contribution in [0.5, 0.6) is 0 Å². The molecular formula is C12H17NO. The predicted molar refractivity (Wildman–Crippen MR) is 57.1 cm³/mol. The molecule has 2 heteroatoms. The summed E-state index contributed by atoms with van der Waals surface area (Å²) in [4.78, 5) is 0. The largest absolute Gasteiger partial charge is 0.361 e. The number of nitrogens with one attached hydrogen (secondary N) is 1. The summed E-state index contributed by atoms with van der Waals surface area (Å²) in [5.41, 5.74) is 1.33. The Bertz CT molecular complexity index is 273. The molecule has 1 heterocycles. The third-order valence-corrected chi connectivity index (χ3v) is 2.68. The Balaban J connectivity index is 1.88. The number of ether oxygens (including phenoxy) is 1. The molecule has 1 aliphatic rings. The van der Waals surface area contributed by atoms with Crippen molar-refractivity contribution in [1.82, 2.24) is 5.32 Å². The maximum atomic E-state index is 5.65. The van der Waals surface area contributed by atoms with E-state index in [-0.39, 0.29) is 6.23 Å². The number of hydrogen-bond donors (Lipinski definition) is 1. The Hall–Kier alpha value is -0.860. The molecule has 0 bridgehead atoms. The van der Waals surface area contributed by atoms with Crippen LogP contribution in [0.15, 0.2) is 30.3 Å². The van der Waals surface area contributed by atoms with Crippen molar-refractivity contribution in [3.8, 4) is 0 Å². The van der Waals surface area contributed by atoms with E-state index in [0.29, 0.717) is 6.04 Å². The van der Waals surface area contributed by atoms with Gasteiger partial charge in [-0.2, -0.15) is 0 Å². The van der Waals surface area contributed by atoms with Crippen molar-refractivity contribution in [3.05, 3.63) is 35.9 Å². The fourth-order valence-electron chi connectivity index (χ4n) is 1.77. The third-order valence-electron chi connectivity index (χ3n) is 2.68. The summed E-state index contributed by atoms with van der Waals surface area (Å²) in [6.07, 6.45) is 2.32. The van der Waals surface area contributed by atoms with Gasteiger partial charge in [-0.15, -0.1) is 0 Å². The summed E-state index contributed by atoms with van der Waals surface area (Å²) in [5.74, 6) is 0. The maximum absolute atomic E-state index is 5.65. The van der Waals surface area contributed by atoms with E-state index in [9.17, 15) is 0 Å². The summed E-state index contributed by atoms with van der Waals surface area (Å²) in [5, 5.41) is 3.47. The Kier molecular flexibility index (Phi) is 3.17. The van der Waals surface area contributed by atoms with Gasteiger partial charge in [0.05, 0.1) is 6.61 Å². The standard InChI is InChI=1S/C12H17NO/c1-2-11-9-14-12(13-11)8-10-6-4-3-5-7-10/h3-7,11-13H,2,8-9H2,1H3. The van der Waals surface area contributed by atoms with Crippen LogP contribution < -0.4 is 5.32 Å². The SMILES string of the molecule is CCC1COC(Cc2ccccc2)N1. The highest BCUT2D eigenvalue weighted by molar-refractivity contribution is 5.15. The molecule has 0 aliphatic carbocycles. The average molecular weight is 191 g/mol. The smallest absolute Gasteiger partial charge is 0.112 e. The lowest BCUT2D eigenvalue weighted by Gasteiger charge is -2.10. The van der Waals surface area contributed by atoms with Gasteiger partial charge in [-0.1, -0.05) is 37.3 Å². The van der Waals surface area contributed by atoms with Gasteiger partial charge in [0, 0.05) is 12.5 Å². The molecule has 1 aromatic carbocycles. The molecule has 1 aliphatic heterocycles. The predicted octanol–water partition coefficient (Wildman–Crippen LogP) is 1.95. The molecule has 14 heavy (non-hydrogen) atoms. The number of hydrogen-bond acceptors (Lipinski definition) is 2. The van der Waals surface area contributed by atoms with E-state index >= 15 is 0 Å². The van der Waals surface area contributed by atoms with Gasteiger partial charge in [0.15, 0.2) is 0 Å². The van der Waals surface area contributed by atoms with Crippen LogP contribution in [0.4, 0.5) is 0 Å². The minimum Gasteiger partial charge on any atom is -0.361 e. The van der Waals surface area contributed by atoms with E-state index in [1.54, 1.807) is 0 Å². The van der Waals surface area contributed by atoms with Gasteiger partial charge < -0.3 is 4.74 Å². The van der Waals surface area contributed by atoms with Gasteiger partial charge >= 0.3 is 0 Å². The fourth-order valence-corrected chi connectivity index (χ4v) is 1.77. The molecule has 0 amide bonds. The summed E-state index contributed by atoms with van der Waals surface area (Å²) < 4.78 is 5.65. The van der Waals surface area contributed by atoms with Crippen LogP contribution in [0.25, 0.3) is 0 Å². The van der Waals surface area contributed by atoms with Crippen LogP contribution in [0, 0.1) is 0 Å². The molecule has 0 spiro atoms. The van der Waals surface area contributed by atoms with Crippen molar-refractivity contribution >= 4 is 0 Å². The molecule has 1 saturated heterocycles. The van der Waals surface area contributed by atoms with Crippen LogP contribution in [0.3, 0.4) is 0 Å². The van der Waals surface area contributed by atoms with Crippen LogP contribution in [-0.2, 0) is 11.2 Å². The number of benzene rings is 1. The first-order valence-electron chi connectivity index (χ1n) is 5.30. The molecule has 1 aromatic rings. The first-order valence-corrected chi connectivity index (χ1v) is 5.30. The van der Waals surface area contributed by atoms with Gasteiger partial charge in [-0.3, -0.25) is 5.32 Å². The monoisotopic (exact) mass is 191 g/mol. The molecule has 0 radical (unpaired) electrons. The average Bonchev–Trinajstić information content (AvgIpc) is 2.67. The Morgan fingerprint density at radius 3 is 2.79 bits per heavy atom. The van der Waals surface area contributed by atoms with Crippen molar-refractivity contribution in [2.75, 3.05) is 6.61 Å². The lowest BCUT2D eigenvalue weighted by atomic mass is 10.1. The van der Waals surface area contributed by atoms with Crippen molar-refractivity contribution in [3.63, 3.8) is 0 Å². The van der Waals surface area contributed by atoms with Crippen LogP contribution in [0.1, 0.15) is 18.9 Å². The van der Waals surface area contributed by atoms with E-state index < -0.39 is 0 Å². The molecular weight excluding hydrogens is 174 g/mol. The van der Waals surface area contributed by atoms with Gasteiger partial charge in [0.2, 0.25) is 0 Å². The molecule has 1 fully saturated rings. The summed E-state index contributed by atoms with van der Waals surface area (Å²) in [6.45, 7) is 3.04. The summed E-state index contributed by atoms with van der Waals surface area (Å²) >= 11 is 0. The van der Waals surface area contributed by atoms with Gasteiger partial charge in [-0.05, 0) is 12.0 Å². The minimum absolute atomic E-state index is 0.211. The Morgan fingerprint density at radius 2 is 2.14 bits per heavy atom. The maximum Gasteiger partial charge on any atom is 0.112 e. The van der Waals surface area contributed by atoms with Gasteiger partial charge in [0.25, 0.3) is 0 Å². The highest BCUT2D eigenvalue weighted by Crippen LogP contribution is 2.11. The van der Waals surface area contributed by atoms with Crippen molar-refractivity contribution in [2.24, 2.45) is 0 Å². The molecule has 0 saturated carbocycles. The van der Waals surface area contributed by atoms with Crippen molar-refractivity contribution < 1.29 is 4.74 Å². The first kappa shape index (κ1) is 9.69. The van der Waals surface area contributed by atoms with E-state index in [1.807, 2.05) is 6.07 Å². The molecule has 2 rings (SSSR count). The Morgan fingerprint density at radius 1 is 1.36 bits per heavy atom. The topological polar surface area (TPSA) is 21.3 Å². The summed E-state index contributed by atoms with van der Waals surface area (Å²) in [7, 11) is 0. The van der Waals surface area contributed by atoms with Gasteiger partial charge in [-0.25, -0.2) is 0 Å². The third kappa shape index (κ3) is 2.34. The van der Waals surface area contributed by atoms with Crippen LogP contribution in [0.2, 0.25) is 0 Å². The second-order valence-electron chi connectivity index (χ2n) is 3.78. The lowest BCUT2D eigenvalue weighted by Crippen LogP contribution is -2.31. The first-order chi connectivity index (χ1) is 6.88. The second kappa shape index (κ2) is 4.58. The zero-order chi connectivity index (χ0) is 9.80. The second-order valence-corrected chi connectivity index (χ2v) is 3.78. The van der Waals surface area contributed by atoms with E-state index in [2.05, 4.69) is 36.5 Å². The lowest BCUT2D eigenvalue weighted by molar-refractivity contribution is 0.100. The normalized spacial score (nSPS) is 26.6. The molecule has 2 nitrogen and oxygen atoms in total. The molecule has 76 valence electrons. The van der Waals surface area contributed by atoms with Crippen LogP contribution >= 0.6 is 0 Å². The molecule has 0 aromatic heterocycles. The molecule has 2 unspecified atom stereocenters. The highest BCUT2D eigenvalue weighted by Gasteiger charge is 2.22. The van der Waals surface area contributed by atoms with Crippen molar-refractivity contribution in [1.29, 1.82) is 0 Å². The Labute approximate surface area is 85.3 Å². The zero-order valence-electron chi connectivity index (χ0n) is 8.57. The van der Waals surface area contributed by atoms with Gasteiger partial charge in [0.1, 0.15) is 6.23 Å². The van der Waals surface area contributed by atoms with E-state index in [4.69, 9.17) is 4.74 Å². The minimum atomic E-state index is 0.211. The van der Waals surface area contributed by atoms with Crippen molar-refractivity contribution in [2.45, 2.75) is 32.0 Å². The van der Waals surface area contributed by atoms with E-state index in [1.165, 1.54) is 5.56 Å².